The van der Waals surface area contributed by atoms with E-state index in [0.717, 1.165) is 36.6 Å². The van der Waals surface area contributed by atoms with Gasteiger partial charge in [0.15, 0.2) is 0 Å². The van der Waals surface area contributed by atoms with Crippen LogP contribution < -0.4 is 0 Å². The second kappa shape index (κ2) is 5.52. The number of aromatic nitrogens is 2. The minimum Gasteiger partial charge on any atom is -0.391 e. The van der Waals surface area contributed by atoms with E-state index in [9.17, 15) is 5.11 Å². The summed E-state index contributed by atoms with van der Waals surface area (Å²) in [5, 5.41) is 11.2. The van der Waals surface area contributed by atoms with Crippen molar-refractivity contribution in [3.63, 3.8) is 0 Å². The van der Waals surface area contributed by atoms with Crippen LogP contribution in [0.5, 0.6) is 0 Å². The molecular formula is C16H11ClN2OS2. The van der Waals surface area contributed by atoms with Crippen molar-refractivity contribution in [3.05, 3.63) is 57.3 Å². The van der Waals surface area contributed by atoms with Crippen molar-refractivity contribution in [2.45, 2.75) is 6.61 Å². The molecule has 0 saturated heterocycles. The Balaban J connectivity index is 1.77. The molecule has 0 radical (unpaired) electrons. The van der Waals surface area contributed by atoms with E-state index in [0.29, 0.717) is 0 Å². The predicted molar refractivity (Wildman–Crippen MR) is 92.8 cm³/mol. The summed E-state index contributed by atoms with van der Waals surface area (Å²) in [6.45, 7) is 0.0846. The summed E-state index contributed by atoms with van der Waals surface area (Å²) in [6, 6.07) is 9.95. The Morgan fingerprint density at radius 3 is 2.77 bits per heavy atom. The molecule has 4 aromatic rings. The molecule has 110 valence electrons. The smallest absolute Gasteiger partial charge is 0.137 e. The Kier molecular flexibility index (Phi) is 3.50. The van der Waals surface area contributed by atoms with Gasteiger partial charge in [0.1, 0.15) is 5.65 Å². The SMILES string of the molecule is OCc1cc(-c2ccc3nc(-c4ccc(Cl)s4)cn3c2)cs1. The average Bonchev–Trinajstić information content (AvgIpc) is 3.24. The third-order valence-electron chi connectivity index (χ3n) is 3.42. The van der Waals surface area contributed by atoms with E-state index in [1.165, 1.54) is 11.3 Å². The molecule has 3 nitrogen and oxygen atoms in total. The monoisotopic (exact) mass is 346 g/mol. The number of aliphatic hydroxyl groups excluding tert-OH is 1. The molecule has 0 aliphatic carbocycles. The summed E-state index contributed by atoms with van der Waals surface area (Å²) in [6.07, 6.45) is 4.07. The zero-order chi connectivity index (χ0) is 15.1. The van der Waals surface area contributed by atoms with Crippen molar-refractivity contribution in [2.75, 3.05) is 0 Å². The number of pyridine rings is 1. The summed E-state index contributed by atoms with van der Waals surface area (Å²) in [5.41, 5.74) is 4.05. The Bertz CT molecular complexity index is 954. The highest BCUT2D eigenvalue weighted by Crippen LogP contribution is 2.31. The maximum absolute atomic E-state index is 9.19. The molecule has 6 heteroatoms. The van der Waals surface area contributed by atoms with E-state index in [4.69, 9.17) is 11.6 Å². The molecule has 0 fully saturated rings. The number of halogens is 1. The van der Waals surface area contributed by atoms with Crippen LogP contribution in [0.3, 0.4) is 0 Å². The third kappa shape index (κ3) is 2.46. The minimum absolute atomic E-state index is 0.0846. The number of hydrogen-bond acceptors (Lipinski definition) is 4. The number of aliphatic hydroxyl groups is 1. The molecule has 0 amide bonds. The lowest BCUT2D eigenvalue weighted by atomic mass is 10.1. The van der Waals surface area contributed by atoms with Crippen LogP contribution in [0.4, 0.5) is 0 Å². The molecule has 22 heavy (non-hydrogen) atoms. The molecule has 0 unspecified atom stereocenters. The molecule has 4 aromatic heterocycles. The van der Waals surface area contributed by atoms with E-state index in [-0.39, 0.29) is 6.61 Å². The van der Waals surface area contributed by atoms with Gasteiger partial charge in [-0.15, -0.1) is 22.7 Å². The molecule has 4 rings (SSSR count). The fourth-order valence-electron chi connectivity index (χ4n) is 2.35. The fourth-order valence-corrected chi connectivity index (χ4v) is 4.10. The van der Waals surface area contributed by atoms with Crippen LogP contribution in [0.1, 0.15) is 4.88 Å². The van der Waals surface area contributed by atoms with E-state index >= 15 is 0 Å². The second-order valence-corrected chi connectivity index (χ2v) is 7.58. The van der Waals surface area contributed by atoms with Gasteiger partial charge in [-0.05, 0) is 46.8 Å². The maximum Gasteiger partial charge on any atom is 0.137 e. The Hall–Kier alpha value is -1.66. The largest absolute Gasteiger partial charge is 0.391 e. The maximum atomic E-state index is 9.19. The van der Waals surface area contributed by atoms with Crippen molar-refractivity contribution in [1.29, 1.82) is 0 Å². The normalized spacial score (nSPS) is 11.4. The van der Waals surface area contributed by atoms with E-state index in [2.05, 4.69) is 22.6 Å². The van der Waals surface area contributed by atoms with E-state index in [1.807, 2.05) is 34.9 Å². The molecule has 4 heterocycles. The van der Waals surface area contributed by atoms with Crippen molar-refractivity contribution in [2.24, 2.45) is 0 Å². The Labute approximate surface area is 140 Å². The molecule has 1 N–H and O–H groups in total. The standard InChI is InChI=1S/C16H11ClN2OS2/c17-15-3-2-14(22-15)13-7-19-6-10(1-4-16(19)18-13)11-5-12(8-20)21-9-11/h1-7,9,20H,8H2. The van der Waals surface area contributed by atoms with Gasteiger partial charge < -0.3 is 9.51 Å². The lowest BCUT2D eigenvalue weighted by Crippen LogP contribution is -1.84. The van der Waals surface area contributed by atoms with Crippen LogP contribution in [0.15, 0.2) is 48.1 Å². The molecule has 0 aliphatic heterocycles. The second-order valence-electron chi connectivity index (χ2n) is 4.87. The van der Waals surface area contributed by atoms with Crippen LogP contribution in [-0.2, 0) is 6.61 Å². The molecule has 0 aliphatic rings. The number of hydrogen-bond donors (Lipinski definition) is 1. The average molecular weight is 347 g/mol. The van der Waals surface area contributed by atoms with Crippen molar-refractivity contribution in [1.82, 2.24) is 9.38 Å². The number of fused-ring (bicyclic) bond motifs is 1. The van der Waals surface area contributed by atoms with Gasteiger partial charge in [0.05, 0.1) is 21.5 Å². The fraction of sp³-hybridized carbons (Fsp3) is 0.0625. The Morgan fingerprint density at radius 1 is 1.14 bits per heavy atom. The summed E-state index contributed by atoms with van der Waals surface area (Å²) in [7, 11) is 0. The zero-order valence-electron chi connectivity index (χ0n) is 11.4. The van der Waals surface area contributed by atoms with E-state index in [1.54, 1.807) is 11.3 Å². The topological polar surface area (TPSA) is 37.5 Å². The molecule has 0 atom stereocenters. The summed E-state index contributed by atoms with van der Waals surface area (Å²) < 4.78 is 2.79. The highest BCUT2D eigenvalue weighted by Gasteiger charge is 2.08. The number of nitrogens with zero attached hydrogens (tertiary/aromatic N) is 2. The predicted octanol–water partition coefficient (Wildman–Crippen LogP) is 4.94. The lowest BCUT2D eigenvalue weighted by molar-refractivity contribution is 0.285. The van der Waals surface area contributed by atoms with E-state index < -0.39 is 0 Å². The number of imidazole rings is 1. The molecule has 0 saturated carbocycles. The molecular weight excluding hydrogens is 336 g/mol. The molecule has 0 aromatic carbocycles. The van der Waals surface area contributed by atoms with Gasteiger partial charge in [-0.1, -0.05) is 11.6 Å². The van der Waals surface area contributed by atoms with Gasteiger partial charge in [-0.25, -0.2) is 4.98 Å². The van der Waals surface area contributed by atoms with Crippen LogP contribution in [-0.4, -0.2) is 14.5 Å². The minimum atomic E-state index is 0.0846. The first kappa shape index (κ1) is 14.0. The van der Waals surface area contributed by atoms with Crippen molar-refractivity contribution >= 4 is 39.9 Å². The first-order valence-corrected chi connectivity index (χ1v) is 8.73. The summed E-state index contributed by atoms with van der Waals surface area (Å²) >= 11 is 9.09. The number of rotatable bonds is 3. The van der Waals surface area contributed by atoms with Gasteiger partial charge in [0.25, 0.3) is 0 Å². The summed E-state index contributed by atoms with van der Waals surface area (Å²) in [4.78, 5) is 6.66. The molecule has 0 spiro atoms. The van der Waals surface area contributed by atoms with Crippen molar-refractivity contribution < 1.29 is 5.11 Å². The highest BCUT2D eigenvalue weighted by molar-refractivity contribution is 7.19. The first-order valence-electron chi connectivity index (χ1n) is 6.66. The highest BCUT2D eigenvalue weighted by atomic mass is 35.5. The third-order valence-corrected chi connectivity index (χ3v) is 5.59. The van der Waals surface area contributed by atoms with Gasteiger partial charge >= 0.3 is 0 Å². The van der Waals surface area contributed by atoms with Crippen LogP contribution >= 0.6 is 34.3 Å². The number of thiophene rings is 2. The molecule has 0 bridgehead atoms. The van der Waals surface area contributed by atoms with Gasteiger partial charge in [0, 0.05) is 17.3 Å². The van der Waals surface area contributed by atoms with Crippen LogP contribution in [0, 0.1) is 0 Å². The van der Waals surface area contributed by atoms with Gasteiger partial charge in [0.2, 0.25) is 0 Å². The lowest BCUT2D eigenvalue weighted by Gasteiger charge is -1.99. The Morgan fingerprint density at radius 2 is 2.05 bits per heavy atom. The first-order chi connectivity index (χ1) is 10.7. The van der Waals surface area contributed by atoms with Gasteiger partial charge in [-0.2, -0.15) is 0 Å². The van der Waals surface area contributed by atoms with Gasteiger partial charge in [-0.3, -0.25) is 0 Å². The zero-order valence-corrected chi connectivity index (χ0v) is 13.8. The van der Waals surface area contributed by atoms with Crippen molar-refractivity contribution in [3.8, 4) is 21.7 Å². The van der Waals surface area contributed by atoms with Crippen LogP contribution in [0.2, 0.25) is 4.34 Å². The van der Waals surface area contributed by atoms with Crippen LogP contribution in [0.25, 0.3) is 27.3 Å². The summed E-state index contributed by atoms with van der Waals surface area (Å²) in [5.74, 6) is 0. The quantitative estimate of drug-likeness (QED) is 0.570.